The van der Waals surface area contributed by atoms with E-state index in [1.165, 1.54) is 5.56 Å². The average Bonchev–Trinajstić information content (AvgIpc) is 3.32. The molecule has 36 heavy (non-hydrogen) atoms. The highest BCUT2D eigenvalue weighted by Crippen LogP contribution is 2.36. The van der Waals surface area contributed by atoms with E-state index in [0.717, 1.165) is 67.7 Å². The summed E-state index contributed by atoms with van der Waals surface area (Å²) in [4.78, 5) is 18.8. The van der Waals surface area contributed by atoms with Gasteiger partial charge in [0.05, 0.1) is 11.0 Å². The molecule has 0 aliphatic rings. The van der Waals surface area contributed by atoms with Gasteiger partial charge in [-0.3, -0.25) is 9.20 Å². The zero-order chi connectivity index (χ0) is 24.2. The molecule has 2 aromatic heterocycles. The van der Waals surface area contributed by atoms with Crippen molar-refractivity contribution in [2.45, 2.75) is 19.8 Å². The molecule has 0 saturated heterocycles. The predicted molar refractivity (Wildman–Crippen MR) is 150 cm³/mol. The molecule has 0 aliphatic heterocycles. The van der Waals surface area contributed by atoms with Crippen LogP contribution in [0.5, 0.6) is 0 Å². The minimum absolute atomic E-state index is 0.0220. The van der Waals surface area contributed by atoms with Crippen molar-refractivity contribution in [1.82, 2.24) is 9.38 Å². The van der Waals surface area contributed by atoms with Gasteiger partial charge in [0.2, 0.25) is 0 Å². The van der Waals surface area contributed by atoms with Crippen LogP contribution in [0.3, 0.4) is 0 Å². The summed E-state index contributed by atoms with van der Waals surface area (Å²) >= 11 is 0. The summed E-state index contributed by atoms with van der Waals surface area (Å²) in [6, 6.07) is 35.6. The molecule has 7 rings (SSSR count). The minimum atomic E-state index is -0.0220. The Hall–Kier alpha value is -4.50. The smallest absolute Gasteiger partial charge is 0.264 e. The van der Waals surface area contributed by atoms with Crippen LogP contribution in [0.4, 0.5) is 0 Å². The molecule has 3 nitrogen and oxygen atoms in total. The molecule has 5 aromatic carbocycles. The number of imidazole rings is 1. The predicted octanol–water partition coefficient (Wildman–Crippen LogP) is 7.88. The van der Waals surface area contributed by atoms with Gasteiger partial charge in [-0.1, -0.05) is 98.3 Å². The van der Waals surface area contributed by atoms with E-state index in [1.54, 1.807) is 4.40 Å². The molecule has 0 N–H and O–H groups in total. The van der Waals surface area contributed by atoms with Gasteiger partial charge < -0.3 is 0 Å². The number of benzene rings is 5. The second-order valence-corrected chi connectivity index (χ2v) is 9.48. The third kappa shape index (κ3) is 3.06. The first-order valence-corrected chi connectivity index (χ1v) is 12.5. The van der Waals surface area contributed by atoms with Gasteiger partial charge in [0.15, 0.2) is 0 Å². The van der Waals surface area contributed by atoms with Crippen LogP contribution in [0.1, 0.15) is 18.9 Å². The Kier molecular flexibility index (Phi) is 4.65. The number of hydrogen-bond donors (Lipinski definition) is 0. The van der Waals surface area contributed by atoms with Crippen molar-refractivity contribution in [3.05, 3.63) is 119 Å². The lowest BCUT2D eigenvalue weighted by molar-refractivity contribution is 0.922. The number of rotatable bonds is 4. The number of aromatic nitrogens is 2. The summed E-state index contributed by atoms with van der Waals surface area (Å²) < 4.78 is 1.79. The van der Waals surface area contributed by atoms with Crippen LogP contribution in [-0.4, -0.2) is 9.38 Å². The SMILES string of the molecule is CCCc1ccc(-c2ccc3c(=O)n4c5cc(-c6ccccc6)ccc5nc4c4cccc2c34)cc1. The van der Waals surface area contributed by atoms with E-state index in [2.05, 4.69) is 79.7 Å². The van der Waals surface area contributed by atoms with Crippen molar-refractivity contribution in [2.24, 2.45) is 0 Å². The molecule has 0 saturated carbocycles. The van der Waals surface area contributed by atoms with E-state index in [1.807, 2.05) is 30.3 Å². The van der Waals surface area contributed by atoms with Gasteiger partial charge in [-0.05, 0) is 57.8 Å². The normalized spacial score (nSPS) is 11.8. The Morgan fingerprint density at radius 2 is 1.47 bits per heavy atom. The molecule has 0 unspecified atom stereocenters. The average molecular weight is 465 g/mol. The minimum Gasteiger partial charge on any atom is -0.268 e. The summed E-state index contributed by atoms with van der Waals surface area (Å²) in [5, 5.41) is 3.81. The Morgan fingerprint density at radius 3 is 2.28 bits per heavy atom. The van der Waals surface area contributed by atoms with E-state index < -0.39 is 0 Å². The second kappa shape index (κ2) is 8.03. The van der Waals surface area contributed by atoms with Gasteiger partial charge in [0.1, 0.15) is 5.65 Å². The molecular formula is C33H24N2O. The van der Waals surface area contributed by atoms with Gasteiger partial charge >= 0.3 is 0 Å². The fraction of sp³-hybridized carbons (Fsp3) is 0.0909. The highest BCUT2D eigenvalue weighted by Gasteiger charge is 2.18. The molecule has 0 bridgehead atoms. The first-order chi connectivity index (χ1) is 17.7. The van der Waals surface area contributed by atoms with Gasteiger partial charge in [0.25, 0.3) is 5.56 Å². The Morgan fingerprint density at radius 1 is 0.694 bits per heavy atom. The van der Waals surface area contributed by atoms with Gasteiger partial charge in [0, 0.05) is 16.2 Å². The van der Waals surface area contributed by atoms with E-state index in [-0.39, 0.29) is 5.56 Å². The molecule has 0 amide bonds. The molecule has 0 aliphatic carbocycles. The number of pyridine rings is 1. The quantitative estimate of drug-likeness (QED) is 0.265. The molecule has 2 heterocycles. The topological polar surface area (TPSA) is 34.4 Å². The zero-order valence-electron chi connectivity index (χ0n) is 20.0. The van der Waals surface area contributed by atoms with E-state index in [0.29, 0.717) is 5.65 Å². The monoisotopic (exact) mass is 464 g/mol. The van der Waals surface area contributed by atoms with Crippen molar-refractivity contribution in [2.75, 3.05) is 0 Å². The summed E-state index contributed by atoms with van der Waals surface area (Å²) in [6.45, 7) is 2.20. The fourth-order valence-electron chi connectivity index (χ4n) is 5.55. The number of nitrogens with zero attached hydrogens (tertiary/aromatic N) is 2. The molecule has 0 spiro atoms. The Labute approximate surface area is 208 Å². The highest BCUT2D eigenvalue weighted by molar-refractivity contribution is 6.19. The van der Waals surface area contributed by atoms with Crippen molar-refractivity contribution in [3.8, 4) is 22.3 Å². The highest BCUT2D eigenvalue weighted by atomic mass is 16.1. The van der Waals surface area contributed by atoms with Crippen molar-refractivity contribution >= 4 is 38.2 Å². The standard InChI is InChI=1S/C33H24N2O/c1-2-7-21-12-14-23(15-13-21)25-17-18-28-31-26(25)10-6-11-27(31)32-34-29-19-16-24(22-8-4-3-5-9-22)20-30(29)35(32)33(28)36/h3-6,8-20H,2,7H2,1H3. The molecule has 3 heteroatoms. The second-order valence-electron chi connectivity index (χ2n) is 9.48. The Bertz CT molecular complexity index is 1950. The largest absolute Gasteiger partial charge is 0.268 e. The van der Waals surface area contributed by atoms with E-state index in [9.17, 15) is 4.79 Å². The number of hydrogen-bond acceptors (Lipinski definition) is 2. The fourth-order valence-corrected chi connectivity index (χ4v) is 5.55. The van der Waals surface area contributed by atoms with Crippen LogP contribution in [0.15, 0.2) is 108 Å². The number of aryl methyl sites for hydroxylation is 1. The lowest BCUT2D eigenvalue weighted by Gasteiger charge is -2.12. The van der Waals surface area contributed by atoms with Crippen molar-refractivity contribution in [1.29, 1.82) is 0 Å². The summed E-state index contributed by atoms with van der Waals surface area (Å²) in [5.74, 6) is 0. The van der Waals surface area contributed by atoms with Crippen molar-refractivity contribution in [3.63, 3.8) is 0 Å². The van der Waals surface area contributed by atoms with Gasteiger partial charge in [-0.15, -0.1) is 0 Å². The molecule has 0 radical (unpaired) electrons. The summed E-state index contributed by atoms with van der Waals surface area (Å²) in [6.07, 6.45) is 2.22. The molecule has 0 atom stereocenters. The van der Waals surface area contributed by atoms with Crippen LogP contribution >= 0.6 is 0 Å². The molecular weight excluding hydrogens is 440 g/mol. The van der Waals surface area contributed by atoms with Crippen LogP contribution < -0.4 is 5.56 Å². The van der Waals surface area contributed by atoms with Crippen LogP contribution in [-0.2, 0) is 6.42 Å². The third-order valence-corrected chi connectivity index (χ3v) is 7.28. The van der Waals surface area contributed by atoms with Gasteiger partial charge in [-0.25, -0.2) is 4.98 Å². The van der Waals surface area contributed by atoms with Crippen LogP contribution in [0.2, 0.25) is 0 Å². The first-order valence-electron chi connectivity index (χ1n) is 12.5. The van der Waals surface area contributed by atoms with E-state index in [4.69, 9.17) is 4.98 Å². The molecule has 0 fully saturated rings. The lowest BCUT2D eigenvalue weighted by atomic mass is 9.93. The van der Waals surface area contributed by atoms with Crippen LogP contribution in [0, 0.1) is 0 Å². The zero-order valence-corrected chi connectivity index (χ0v) is 20.0. The first kappa shape index (κ1) is 20.8. The maximum Gasteiger partial charge on any atom is 0.264 e. The van der Waals surface area contributed by atoms with Gasteiger partial charge in [-0.2, -0.15) is 0 Å². The number of fused-ring (bicyclic) bond motifs is 4. The van der Waals surface area contributed by atoms with E-state index >= 15 is 0 Å². The van der Waals surface area contributed by atoms with Crippen molar-refractivity contribution < 1.29 is 0 Å². The lowest BCUT2D eigenvalue weighted by Crippen LogP contribution is -2.13. The summed E-state index contributed by atoms with van der Waals surface area (Å²) in [5.41, 5.74) is 8.21. The maximum absolute atomic E-state index is 13.9. The molecule has 172 valence electrons. The summed E-state index contributed by atoms with van der Waals surface area (Å²) in [7, 11) is 0. The maximum atomic E-state index is 13.9. The Balaban J connectivity index is 1.51. The molecule has 7 aromatic rings. The van der Waals surface area contributed by atoms with Crippen LogP contribution in [0.25, 0.3) is 60.5 Å². The third-order valence-electron chi connectivity index (χ3n) is 7.28.